The number of nitrogens with one attached hydrogen (secondary N) is 2. The minimum absolute atomic E-state index is 0.590. The number of pyridine rings is 1. The third-order valence-corrected chi connectivity index (χ3v) is 3.60. The highest BCUT2D eigenvalue weighted by molar-refractivity contribution is 5.92. The lowest BCUT2D eigenvalue weighted by Crippen LogP contribution is -2.29. The summed E-state index contributed by atoms with van der Waals surface area (Å²) >= 11 is 0. The van der Waals surface area contributed by atoms with E-state index in [1.54, 1.807) is 0 Å². The predicted octanol–water partition coefficient (Wildman–Crippen LogP) is 2.71. The maximum atomic E-state index is 4.46. The Morgan fingerprint density at radius 2 is 2.33 bits per heavy atom. The molecule has 2 aromatic rings. The first-order valence-corrected chi connectivity index (χ1v) is 6.65. The molecule has 1 saturated heterocycles. The Labute approximate surface area is 108 Å². The monoisotopic (exact) mass is 241 g/mol. The number of rotatable bonds is 3. The summed E-state index contributed by atoms with van der Waals surface area (Å²) in [6, 6.07) is 9.16. The van der Waals surface area contributed by atoms with E-state index in [0.29, 0.717) is 6.04 Å². The minimum Gasteiger partial charge on any atom is -0.368 e. The molecular weight excluding hydrogens is 222 g/mol. The molecule has 1 aliphatic rings. The van der Waals surface area contributed by atoms with Gasteiger partial charge in [0, 0.05) is 24.2 Å². The molecule has 2 N–H and O–H groups in total. The lowest BCUT2D eigenvalue weighted by atomic mass is 10.1. The second-order valence-electron chi connectivity index (χ2n) is 5.06. The first kappa shape index (κ1) is 11.5. The quantitative estimate of drug-likeness (QED) is 0.867. The highest BCUT2D eigenvalue weighted by Crippen LogP contribution is 2.22. The highest BCUT2D eigenvalue weighted by Gasteiger charge is 2.13. The fraction of sp³-hybridized carbons (Fsp3) is 0.400. The molecule has 1 aliphatic heterocycles. The SMILES string of the molecule is Cc1ccc2c(NCC3CCCN3)nccc2c1. The van der Waals surface area contributed by atoms with E-state index < -0.39 is 0 Å². The summed E-state index contributed by atoms with van der Waals surface area (Å²) in [5.74, 6) is 1.00. The van der Waals surface area contributed by atoms with Crippen molar-refractivity contribution in [2.24, 2.45) is 0 Å². The Hall–Kier alpha value is -1.61. The summed E-state index contributed by atoms with van der Waals surface area (Å²) in [5.41, 5.74) is 1.29. The fourth-order valence-electron chi connectivity index (χ4n) is 2.59. The summed E-state index contributed by atoms with van der Waals surface area (Å²) in [5, 5.41) is 9.43. The minimum atomic E-state index is 0.590. The zero-order chi connectivity index (χ0) is 12.4. The number of hydrogen-bond donors (Lipinski definition) is 2. The zero-order valence-electron chi connectivity index (χ0n) is 10.7. The van der Waals surface area contributed by atoms with Gasteiger partial charge in [-0.25, -0.2) is 4.98 Å². The molecule has 1 atom stereocenters. The number of benzene rings is 1. The van der Waals surface area contributed by atoms with E-state index in [-0.39, 0.29) is 0 Å². The Balaban J connectivity index is 1.82. The third kappa shape index (κ3) is 2.31. The molecule has 3 nitrogen and oxygen atoms in total. The summed E-state index contributed by atoms with van der Waals surface area (Å²) in [6.07, 6.45) is 4.43. The average molecular weight is 241 g/mol. The zero-order valence-corrected chi connectivity index (χ0v) is 10.7. The first-order chi connectivity index (χ1) is 8.83. The number of aromatic nitrogens is 1. The van der Waals surface area contributed by atoms with E-state index in [0.717, 1.165) is 18.9 Å². The smallest absolute Gasteiger partial charge is 0.133 e. The molecule has 1 fully saturated rings. The van der Waals surface area contributed by atoms with E-state index in [1.165, 1.54) is 29.2 Å². The van der Waals surface area contributed by atoms with Crippen molar-refractivity contribution >= 4 is 16.6 Å². The van der Waals surface area contributed by atoms with Crippen molar-refractivity contribution in [1.29, 1.82) is 0 Å². The molecule has 0 aliphatic carbocycles. The molecule has 1 aromatic carbocycles. The number of anilines is 1. The molecular formula is C15H19N3. The first-order valence-electron chi connectivity index (χ1n) is 6.65. The van der Waals surface area contributed by atoms with Crippen molar-refractivity contribution in [2.75, 3.05) is 18.4 Å². The molecule has 0 bridgehead atoms. The Morgan fingerprint density at radius 1 is 1.39 bits per heavy atom. The highest BCUT2D eigenvalue weighted by atomic mass is 15.0. The lowest BCUT2D eigenvalue weighted by Gasteiger charge is -2.13. The van der Waals surface area contributed by atoms with Gasteiger partial charge in [-0.1, -0.05) is 23.8 Å². The number of nitrogens with zero attached hydrogens (tertiary/aromatic N) is 1. The van der Waals surface area contributed by atoms with Gasteiger partial charge in [-0.15, -0.1) is 0 Å². The largest absolute Gasteiger partial charge is 0.368 e. The van der Waals surface area contributed by atoms with Crippen molar-refractivity contribution in [3.05, 3.63) is 36.0 Å². The lowest BCUT2D eigenvalue weighted by molar-refractivity contribution is 0.633. The maximum absolute atomic E-state index is 4.46. The Kier molecular flexibility index (Phi) is 3.15. The van der Waals surface area contributed by atoms with E-state index in [9.17, 15) is 0 Å². The van der Waals surface area contributed by atoms with Gasteiger partial charge in [0.25, 0.3) is 0 Å². The molecule has 1 aromatic heterocycles. The van der Waals surface area contributed by atoms with E-state index >= 15 is 0 Å². The Bertz CT molecular complexity index is 544. The molecule has 0 amide bonds. The van der Waals surface area contributed by atoms with Crippen LogP contribution in [0.2, 0.25) is 0 Å². The summed E-state index contributed by atoms with van der Waals surface area (Å²) in [7, 11) is 0. The van der Waals surface area contributed by atoms with Gasteiger partial charge in [-0.3, -0.25) is 0 Å². The van der Waals surface area contributed by atoms with Gasteiger partial charge in [0.15, 0.2) is 0 Å². The van der Waals surface area contributed by atoms with Gasteiger partial charge in [-0.2, -0.15) is 0 Å². The maximum Gasteiger partial charge on any atom is 0.133 e. The van der Waals surface area contributed by atoms with Crippen LogP contribution < -0.4 is 10.6 Å². The summed E-state index contributed by atoms with van der Waals surface area (Å²) in [4.78, 5) is 4.46. The van der Waals surface area contributed by atoms with Crippen LogP contribution in [0.4, 0.5) is 5.82 Å². The van der Waals surface area contributed by atoms with Crippen molar-refractivity contribution < 1.29 is 0 Å². The normalized spacial score (nSPS) is 19.3. The van der Waals surface area contributed by atoms with Crippen molar-refractivity contribution in [2.45, 2.75) is 25.8 Å². The van der Waals surface area contributed by atoms with Gasteiger partial charge in [0.05, 0.1) is 0 Å². The topological polar surface area (TPSA) is 37.0 Å². The fourth-order valence-corrected chi connectivity index (χ4v) is 2.59. The number of fused-ring (bicyclic) bond motifs is 1. The number of aryl methyl sites for hydroxylation is 1. The van der Waals surface area contributed by atoms with Crippen LogP contribution in [0.3, 0.4) is 0 Å². The molecule has 1 unspecified atom stereocenters. The Morgan fingerprint density at radius 3 is 3.17 bits per heavy atom. The van der Waals surface area contributed by atoms with Crippen LogP contribution in [0.15, 0.2) is 30.5 Å². The van der Waals surface area contributed by atoms with Gasteiger partial charge < -0.3 is 10.6 Å². The van der Waals surface area contributed by atoms with Crippen LogP contribution in [0.5, 0.6) is 0 Å². The molecule has 2 heterocycles. The van der Waals surface area contributed by atoms with Gasteiger partial charge in [0.1, 0.15) is 5.82 Å². The molecule has 0 radical (unpaired) electrons. The van der Waals surface area contributed by atoms with Crippen LogP contribution in [-0.2, 0) is 0 Å². The van der Waals surface area contributed by atoms with E-state index in [4.69, 9.17) is 0 Å². The van der Waals surface area contributed by atoms with Crippen LogP contribution in [0, 0.1) is 6.92 Å². The van der Waals surface area contributed by atoms with Gasteiger partial charge in [-0.05, 0) is 37.8 Å². The standard InChI is InChI=1S/C15H19N3/c1-11-4-5-14-12(9-11)6-8-17-15(14)18-10-13-3-2-7-16-13/h4-6,8-9,13,16H,2-3,7,10H2,1H3,(H,17,18). The molecule has 3 rings (SSSR count). The van der Waals surface area contributed by atoms with Crippen LogP contribution in [0.1, 0.15) is 18.4 Å². The van der Waals surface area contributed by atoms with Crippen LogP contribution in [-0.4, -0.2) is 24.1 Å². The van der Waals surface area contributed by atoms with Crippen molar-refractivity contribution in [1.82, 2.24) is 10.3 Å². The van der Waals surface area contributed by atoms with Crippen LogP contribution >= 0.6 is 0 Å². The summed E-state index contributed by atoms with van der Waals surface area (Å²) in [6.45, 7) is 4.23. The predicted molar refractivity (Wildman–Crippen MR) is 76.0 cm³/mol. The molecule has 0 spiro atoms. The van der Waals surface area contributed by atoms with E-state index in [1.807, 2.05) is 6.20 Å². The average Bonchev–Trinajstić information content (AvgIpc) is 2.89. The molecule has 0 saturated carbocycles. The summed E-state index contributed by atoms with van der Waals surface area (Å²) < 4.78 is 0. The molecule has 18 heavy (non-hydrogen) atoms. The number of hydrogen-bond acceptors (Lipinski definition) is 3. The van der Waals surface area contributed by atoms with Gasteiger partial charge in [0.2, 0.25) is 0 Å². The molecule has 94 valence electrons. The molecule has 3 heteroatoms. The van der Waals surface area contributed by atoms with Crippen molar-refractivity contribution in [3.8, 4) is 0 Å². The van der Waals surface area contributed by atoms with Crippen LogP contribution in [0.25, 0.3) is 10.8 Å². The van der Waals surface area contributed by atoms with Crippen molar-refractivity contribution in [3.63, 3.8) is 0 Å². The van der Waals surface area contributed by atoms with Gasteiger partial charge >= 0.3 is 0 Å². The van der Waals surface area contributed by atoms with E-state index in [2.05, 4.69) is 46.8 Å². The second-order valence-corrected chi connectivity index (χ2v) is 5.06. The third-order valence-electron chi connectivity index (χ3n) is 3.60. The second kappa shape index (κ2) is 4.94.